The Morgan fingerprint density at radius 3 is 2.74 bits per heavy atom. The first-order chi connectivity index (χ1) is 12.5. The van der Waals surface area contributed by atoms with Crippen LogP contribution < -0.4 is 0 Å². The van der Waals surface area contributed by atoms with E-state index in [9.17, 15) is 9.90 Å². The number of rotatable bonds is 6. The largest absolute Gasteiger partial charge is 0.392 e. The van der Waals surface area contributed by atoms with Gasteiger partial charge < -0.3 is 10.0 Å². The SMILES string of the molecule is CN(C(=O)Cc1cncc(Br)c1)[C@H](CN1CC[C@@H](O)C1)c1ccccc1.Cl. The van der Waals surface area contributed by atoms with Gasteiger partial charge in [-0.05, 0) is 39.5 Å². The van der Waals surface area contributed by atoms with Crippen molar-refractivity contribution in [1.82, 2.24) is 14.8 Å². The van der Waals surface area contributed by atoms with Gasteiger partial charge in [-0.15, -0.1) is 12.4 Å². The number of halogens is 2. The molecule has 0 aliphatic carbocycles. The molecule has 7 heteroatoms. The summed E-state index contributed by atoms with van der Waals surface area (Å²) in [4.78, 5) is 21.1. The van der Waals surface area contributed by atoms with Crippen LogP contribution in [0.4, 0.5) is 0 Å². The highest BCUT2D eigenvalue weighted by molar-refractivity contribution is 9.10. The van der Waals surface area contributed by atoms with E-state index in [0.29, 0.717) is 13.0 Å². The van der Waals surface area contributed by atoms with Crippen molar-refractivity contribution >= 4 is 34.2 Å². The number of aliphatic hydroxyl groups excluding tert-OH is 1. The number of carbonyl (C=O) groups is 1. The first-order valence-electron chi connectivity index (χ1n) is 8.83. The Labute approximate surface area is 174 Å². The molecule has 0 saturated carbocycles. The molecule has 0 radical (unpaired) electrons. The van der Waals surface area contributed by atoms with Crippen molar-refractivity contribution in [2.24, 2.45) is 0 Å². The number of amides is 1. The van der Waals surface area contributed by atoms with Crippen molar-refractivity contribution in [2.45, 2.75) is 25.0 Å². The summed E-state index contributed by atoms with van der Waals surface area (Å²) in [5.41, 5.74) is 2.00. The average Bonchev–Trinajstić information content (AvgIpc) is 3.05. The monoisotopic (exact) mass is 453 g/mol. The van der Waals surface area contributed by atoms with Crippen LogP contribution in [-0.4, -0.2) is 58.6 Å². The first kappa shape index (κ1) is 21.8. The fourth-order valence-corrected chi connectivity index (χ4v) is 3.79. The molecule has 1 aromatic carbocycles. The molecule has 27 heavy (non-hydrogen) atoms. The van der Waals surface area contributed by atoms with E-state index in [1.807, 2.05) is 36.2 Å². The second-order valence-corrected chi connectivity index (χ2v) is 7.74. The number of aliphatic hydroxyl groups is 1. The van der Waals surface area contributed by atoms with Crippen LogP contribution in [0.25, 0.3) is 0 Å². The number of likely N-dealkylation sites (N-methyl/N-ethyl adjacent to an activating group) is 1. The van der Waals surface area contributed by atoms with Crippen molar-refractivity contribution in [3.63, 3.8) is 0 Å². The maximum Gasteiger partial charge on any atom is 0.227 e. The second kappa shape index (κ2) is 10.2. The lowest BCUT2D eigenvalue weighted by Crippen LogP contribution is -2.39. The molecule has 2 aromatic rings. The minimum atomic E-state index is -0.264. The van der Waals surface area contributed by atoms with Gasteiger partial charge >= 0.3 is 0 Å². The van der Waals surface area contributed by atoms with Gasteiger partial charge in [0.25, 0.3) is 0 Å². The minimum absolute atomic E-state index is 0. The van der Waals surface area contributed by atoms with E-state index >= 15 is 0 Å². The van der Waals surface area contributed by atoms with Crippen LogP contribution in [0.3, 0.4) is 0 Å². The number of β-amino-alcohol motifs (C(OH)–C–C–N with tert-alkyl or cyclic N) is 1. The van der Waals surface area contributed by atoms with Crippen LogP contribution >= 0.6 is 28.3 Å². The number of carbonyl (C=O) groups excluding carboxylic acids is 1. The van der Waals surface area contributed by atoms with E-state index < -0.39 is 0 Å². The summed E-state index contributed by atoms with van der Waals surface area (Å²) in [7, 11) is 1.86. The van der Waals surface area contributed by atoms with Crippen LogP contribution in [0, 0.1) is 0 Å². The number of aromatic nitrogens is 1. The summed E-state index contributed by atoms with van der Waals surface area (Å²) >= 11 is 3.40. The Hall–Kier alpha value is -1.47. The lowest BCUT2D eigenvalue weighted by Gasteiger charge is -2.32. The maximum atomic E-state index is 12.9. The number of benzene rings is 1. The Balaban J connectivity index is 0.00000261. The zero-order valence-electron chi connectivity index (χ0n) is 15.3. The van der Waals surface area contributed by atoms with E-state index in [-0.39, 0.29) is 30.5 Å². The van der Waals surface area contributed by atoms with Crippen LogP contribution in [-0.2, 0) is 11.2 Å². The molecule has 1 N–H and O–H groups in total. The molecule has 1 aromatic heterocycles. The van der Waals surface area contributed by atoms with Gasteiger partial charge in [-0.3, -0.25) is 14.7 Å². The first-order valence-corrected chi connectivity index (χ1v) is 9.62. The number of hydrogen-bond acceptors (Lipinski definition) is 4. The lowest BCUT2D eigenvalue weighted by molar-refractivity contribution is -0.131. The Morgan fingerprint density at radius 2 is 2.11 bits per heavy atom. The van der Waals surface area contributed by atoms with Crippen molar-refractivity contribution in [2.75, 3.05) is 26.7 Å². The third-order valence-corrected chi connectivity index (χ3v) is 5.27. The highest BCUT2D eigenvalue weighted by atomic mass is 79.9. The summed E-state index contributed by atoms with van der Waals surface area (Å²) < 4.78 is 0.871. The van der Waals surface area contributed by atoms with Crippen LogP contribution in [0.2, 0.25) is 0 Å². The fourth-order valence-electron chi connectivity index (χ4n) is 3.37. The molecule has 1 saturated heterocycles. The summed E-state index contributed by atoms with van der Waals surface area (Å²) in [6, 6.07) is 12.0. The normalized spacial score (nSPS) is 18.0. The van der Waals surface area contributed by atoms with Gasteiger partial charge in [-0.1, -0.05) is 30.3 Å². The fraction of sp³-hybridized carbons (Fsp3) is 0.400. The molecule has 3 rings (SSSR count). The lowest BCUT2D eigenvalue weighted by atomic mass is 10.0. The van der Waals surface area contributed by atoms with Crippen molar-refractivity contribution in [3.05, 3.63) is 64.4 Å². The summed E-state index contributed by atoms with van der Waals surface area (Å²) in [6.45, 7) is 2.25. The average molecular weight is 455 g/mol. The van der Waals surface area contributed by atoms with E-state index in [1.165, 1.54) is 0 Å². The second-order valence-electron chi connectivity index (χ2n) is 6.82. The predicted octanol–water partition coefficient (Wildman–Crippen LogP) is 3.07. The molecule has 0 bridgehead atoms. The van der Waals surface area contributed by atoms with Gasteiger partial charge in [0.1, 0.15) is 0 Å². The smallest absolute Gasteiger partial charge is 0.227 e. The van der Waals surface area contributed by atoms with Crippen molar-refractivity contribution < 1.29 is 9.90 Å². The van der Waals surface area contributed by atoms with Gasteiger partial charge in [-0.2, -0.15) is 0 Å². The Bertz CT molecular complexity index is 747. The molecule has 1 aliphatic heterocycles. The quantitative estimate of drug-likeness (QED) is 0.729. The predicted molar refractivity (Wildman–Crippen MR) is 112 cm³/mol. The van der Waals surface area contributed by atoms with E-state index in [1.54, 1.807) is 12.4 Å². The van der Waals surface area contributed by atoms with E-state index in [0.717, 1.165) is 35.1 Å². The molecule has 0 spiro atoms. The molecule has 1 aliphatic rings. The minimum Gasteiger partial charge on any atom is -0.392 e. The van der Waals surface area contributed by atoms with Gasteiger partial charge in [0.15, 0.2) is 0 Å². The zero-order valence-corrected chi connectivity index (χ0v) is 17.7. The summed E-state index contributed by atoms with van der Waals surface area (Å²) in [5, 5.41) is 9.82. The number of nitrogens with zero attached hydrogens (tertiary/aromatic N) is 3. The Morgan fingerprint density at radius 1 is 1.37 bits per heavy atom. The molecule has 146 valence electrons. The molecule has 2 heterocycles. The highest BCUT2D eigenvalue weighted by Gasteiger charge is 2.28. The van der Waals surface area contributed by atoms with Gasteiger partial charge in [0, 0.05) is 43.5 Å². The molecule has 2 atom stereocenters. The third kappa shape index (κ3) is 6.01. The van der Waals surface area contributed by atoms with Gasteiger partial charge in [-0.25, -0.2) is 0 Å². The molecule has 1 fully saturated rings. The molecule has 5 nitrogen and oxygen atoms in total. The maximum absolute atomic E-state index is 12.9. The van der Waals surface area contributed by atoms with Crippen molar-refractivity contribution in [1.29, 1.82) is 0 Å². The summed E-state index contributed by atoms with van der Waals surface area (Å²) in [6.07, 6.45) is 4.28. The number of pyridine rings is 1. The van der Waals surface area contributed by atoms with Crippen LogP contribution in [0.5, 0.6) is 0 Å². The molecule has 0 unspecified atom stereocenters. The third-order valence-electron chi connectivity index (χ3n) is 4.84. The van der Waals surface area contributed by atoms with E-state index in [4.69, 9.17) is 0 Å². The molecular formula is C20H25BrClN3O2. The standard InChI is InChI=1S/C20H24BrN3O2.ClH/c1-23(20(26)10-15-9-17(21)12-22-11-15)19(16-5-3-2-4-6-16)14-24-8-7-18(25)13-24;/h2-6,9,11-12,18-19,25H,7-8,10,13-14H2,1H3;1H/t18-,19-;/m1./s1. The number of hydrogen-bond donors (Lipinski definition) is 1. The highest BCUT2D eigenvalue weighted by Crippen LogP contribution is 2.24. The van der Waals surface area contributed by atoms with Gasteiger partial charge in [0.2, 0.25) is 5.91 Å². The van der Waals surface area contributed by atoms with Gasteiger partial charge in [0.05, 0.1) is 18.6 Å². The van der Waals surface area contributed by atoms with E-state index in [2.05, 4.69) is 37.9 Å². The number of likely N-dealkylation sites (tertiary alicyclic amines) is 1. The molecular weight excluding hydrogens is 430 g/mol. The zero-order chi connectivity index (χ0) is 18.5. The summed E-state index contributed by atoms with van der Waals surface area (Å²) in [5.74, 6) is 0.0542. The molecule has 1 amide bonds. The van der Waals surface area contributed by atoms with Crippen LogP contribution in [0.15, 0.2) is 53.3 Å². The topological polar surface area (TPSA) is 56.7 Å². The Kier molecular flexibility index (Phi) is 8.23. The van der Waals surface area contributed by atoms with Crippen molar-refractivity contribution in [3.8, 4) is 0 Å². The van der Waals surface area contributed by atoms with Crippen LogP contribution in [0.1, 0.15) is 23.6 Å².